The van der Waals surface area contributed by atoms with Crippen molar-refractivity contribution < 1.29 is 0 Å². The standard InChI is InChI=1S/C15H13ClN4/c1-8-3-4-9(2)10(7-8)13-14-11(18-15(17)20-13)5-6-12(16)19-14/h3-7H,1-2H3,(H2,17,18,20). The van der Waals surface area contributed by atoms with E-state index < -0.39 is 0 Å². The number of nitrogen functional groups attached to an aromatic ring is 1. The van der Waals surface area contributed by atoms with Crippen molar-refractivity contribution in [1.82, 2.24) is 15.0 Å². The normalized spacial score (nSPS) is 10.9. The Bertz CT molecular complexity index is 814. The van der Waals surface area contributed by atoms with Crippen molar-refractivity contribution in [1.29, 1.82) is 0 Å². The van der Waals surface area contributed by atoms with Crippen LogP contribution >= 0.6 is 11.6 Å². The van der Waals surface area contributed by atoms with E-state index >= 15 is 0 Å². The number of pyridine rings is 1. The fraction of sp³-hybridized carbons (Fsp3) is 0.133. The van der Waals surface area contributed by atoms with Gasteiger partial charge in [0.25, 0.3) is 0 Å². The molecule has 0 aliphatic rings. The summed E-state index contributed by atoms with van der Waals surface area (Å²) in [4.78, 5) is 12.9. The molecule has 1 aromatic carbocycles. The summed E-state index contributed by atoms with van der Waals surface area (Å²) in [5.41, 5.74) is 11.1. The molecule has 2 N–H and O–H groups in total. The predicted molar refractivity (Wildman–Crippen MR) is 81.7 cm³/mol. The third-order valence-corrected chi connectivity index (χ3v) is 3.38. The number of nitrogens with two attached hydrogens (primary N) is 1. The first-order valence-corrected chi connectivity index (χ1v) is 6.60. The Morgan fingerprint density at radius 1 is 1.00 bits per heavy atom. The molecule has 3 rings (SSSR count). The van der Waals surface area contributed by atoms with Crippen LogP contribution in [0.1, 0.15) is 11.1 Å². The largest absolute Gasteiger partial charge is 0.368 e. The molecule has 4 nitrogen and oxygen atoms in total. The fourth-order valence-electron chi connectivity index (χ4n) is 2.19. The summed E-state index contributed by atoms with van der Waals surface area (Å²) in [5, 5.41) is 0.414. The molecule has 0 aliphatic carbocycles. The molecule has 3 aromatic rings. The number of benzene rings is 1. The van der Waals surface area contributed by atoms with Crippen LogP contribution in [0.4, 0.5) is 5.95 Å². The Balaban J connectivity index is 2.40. The molecule has 0 saturated carbocycles. The molecule has 0 radical (unpaired) electrons. The van der Waals surface area contributed by atoms with E-state index in [1.165, 1.54) is 0 Å². The molecule has 0 unspecified atom stereocenters. The van der Waals surface area contributed by atoms with Gasteiger partial charge < -0.3 is 5.73 Å². The number of halogens is 1. The van der Waals surface area contributed by atoms with Gasteiger partial charge in [0.05, 0.1) is 5.52 Å². The van der Waals surface area contributed by atoms with Crippen LogP contribution in [-0.2, 0) is 0 Å². The summed E-state index contributed by atoms with van der Waals surface area (Å²) >= 11 is 5.99. The van der Waals surface area contributed by atoms with Gasteiger partial charge in [0, 0.05) is 5.56 Å². The van der Waals surface area contributed by atoms with E-state index in [4.69, 9.17) is 17.3 Å². The number of fused-ring (bicyclic) bond motifs is 1. The van der Waals surface area contributed by atoms with Crippen LogP contribution in [-0.4, -0.2) is 15.0 Å². The van der Waals surface area contributed by atoms with Crippen LogP contribution in [0.3, 0.4) is 0 Å². The summed E-state index contributed by atoms with van der Waals surface area (Å²) in [6.45, 7) is 4.07. The number of anilines is 1. The van der Waals surface area contributed by atoms with Crippen molar-refractivity contribution in [2.24, 2.45) is 0 Å². The van der Waals surface area contributed by atoms with Gasteiger partial charge in [-0.2, -0.15) is 0 Å². The summed E-state index contributed by atoms with van der Waals surface area (Å²) in [6, 6.07) is 9.69. The highest BCUT2D eigenvalue weighted by Crippen LogP contribution is 2.29. The average Bonchev–Trinajstić information content (AvgIpc) is 2.41. The number of nitrogens with zero attached hydrogens (tertiary/aromatic N) is 3. The topological polar surface area (TPSA) is 64.7 Å². The minimum Gasteiger partial charge on any atom is -0.368 e. The third-order valence-electron chi connectivity index (χ3n) is 3.17. The van der Waals surface area contributed by atoms with Gasteiger partial charge in [-0.15, -0.1) is 0 Å². The zero-order chi connectivity index (χ0) is 14.3. The zero-order valence-corrected chi connectivity index (χ0v) is 11.9. The number of hydrogen-bond acceptors (Lipinski definition) is 4. The van der Waals surface area contributed by atoms with Gasteiger partial charge in [-0.05, 0) is 37.6 Å². The number of aromatic nitrogens is 3. The third kappa shape index (κ3) is 2.18. The van der Waals surface area contributed by atoms with Crippen molar-refractivity contribution in [2.75, 3.05) is 5.73 Å². The molecule has 2 heterocycles. The van der Waals surface area contributed by atoms with E-state index in [0.29, 0.717) is 16.2 Å². The highest BCUT2D eigenvalue weighted by molar-refractivity contribution is 6.29. The van der Waals surface area contributed by atoms with Crippen molar-refractivity contribution in [3.63, 3.8) is 0 Å². The summed E-state index contributed by atoms with van der Waals surface area (Å²) in [7, 11) is 0. The molecule has 0 aliphatic heterocycles. The lowest BCUT2D eigenvalue weighted by Gasteiger charge is -2.10. The smallest absolute Gasteiger partial charge is 0.221 e. The summed E-state index contributed by atoms with van der Waals surface area (Å²) < 4.78 is 0. The second-order valence-electron chi connectivity index (χ2n) is 4.75. The number of aryl methyl sites for hydroxylation is 2. The van der Waals surface area contributed by atoms with E-state index in [2.05, 4.69) is 33.2 Å². The molecule has 0 amide bonds. The second kappa shape index (κ2) is 4.72. The van der Waals surface area contributed by atoms with Gasteiger partial charge in [0.2, 0.25) is 5.95 Å². The maximum Gasteiger partial charge on any atom is 0.221 e. The van der Waals surface area contributed by atoms with E-state index in [1.54, 1.807) is 12.1 Å². The van der Waals surface area contributed by atoms with Crippen LogP contribution in [0.2, 0.25) is 5.15 Å². The first-order valence-electron chi connectivity index (χ1n) is 6.22. The van der Waals surface area contributed by atoms with Gasteiger partial charge in [0.15, 0.2) is 0 Å². The van der Waals surface area contributed by atoms with Crippen LogP contribution < -0.4 is 5.73 Å². The molecule has 20 heavy (non-hydrogen) atoms. The Labute approximate surface area is 121 Å². The number of hydrogen-bond donors (Lipinski definition) is 1. The highest BCUT2D eigenvalue weighted by Gasteiger charge is 2.12. The molecule has 0 saturated heterocycles. The summed E-state index contributed by atoms with van der Waals surface area (Å²) in [6.07, 6.45) is 0. The molecule has 0 spiro atoms. The van der Waals surface area contributed by atoms with Gasteiger partial charge in [-0.3, -0.25) is 0 Å². The van der Waals surface area contributed by atoms with Gasteiger partial charge in [-0.1, -0.05) is 29.3 Å². The molecular weight excluding hydrogens is 272 g/mol. The molecule has 5 heteroatoms. The quantitative estimate of drug-likeness (QED) is 0.694. The van der Waals surface area contributed by atoms with Crippen LogP contribution in [0.25, 0.3) is 22.3 Å². The van der Waals surface area contributed by atoms with Crippen molar-refractivity contribution >= 4 is 28.6 Å². The van der Waals surface area contributed by atoms with E-state index in [1.807, 2.05) is 13.8 Å². The molecule has 0 fully saturated rings. The van der Waals surface area contributed by atoms with Crippen molar-refractivity contribution in [2.45, 2.75) is 13.8 Å². The molecule has 0 bridgehead atoms. The highest BCUT2D eigenvalue weighted by atomic mass is 35.5. The Hall–Kier alpha value is -2.20. The average molecular weight is 285 g/mol. The molecular formula is C15H13ClN4. The van der Waals surface area contributed by atoms with Crippen LogP contribution in [0.15, 0.2) is 30.3 Å². The molecule has 2 aromatic heterocycles. The van der Waals surface area contributed by atoms with E-state index in [-0.39, 0.29) is 5.95 Å². The predicted octanol–water partition coefficient (Wildman–Crippen LogP) is 3.54. The monoisotopic (exact) mass is 284 g/mol. The summed E-state index contributed by atoms with van der Waals surface area (Å²) in [5.74, 6) is 0.234. The lowest BCUT2D eigenvalue weighted by atomic mass is 10.0. The maximum atomic E-state index is 5.99. The Kier molecular flexibility index (Phi) is 3.03. The minimum atomic E-state index is 0.234. The van der Waals surface area contributed by atoms with Crippen molar-refractivity contribution in [3.8, 4) is 11.3 Å². The SMILES string of the molecule is Cc1ccc(C)c(-c2nc(N)nc3ccc(Cl)nc23)c1. The minimum absolute atomic E-state index is 0.234. The fourth-order valence-corrected chi connectivity index (χ4v) is 2.33. The zero-order valence-electron chi connectivity index (χ0n) is 11.2. The van der Waals surface area contributed by atoms with E-state index in [9.17, 15) is 0 Å². The molecule has 0 atom stereocenters. The first-order chi connectivity index (χ1) is 9.54. The first kappa shape index (κ1) is 12.8. The Morgan fingerprint density at radius 2 is 1.80 bits per heavy atom. The lowest BCUT2D eigenvalue weighted by Crippen LogP contribution is -2.00. The maximum absolute atomic E-state index is 5.99. The Morgan fingerprint density at radius 3 is 2.60 bits per heavy atom. The van der Waals surface area contributed by atoms with Crippen LogP contribution in [0, 0.1) is 13.8 Å². The number of rotatable bonds is 1. The van der Waals surface area contributed by atoms with Gasteiger partial charge in [-0.25, -0.2) is 15.0 Å². The van der Waals surface area contributed by atoms with Crippen LogP contribution in [0.5, 0.6) is 0 Å². The van der Waals surface area contributed by atoms with Gasteiger partial charge >= 0.3 is 0 Å². The second-order valence-corrected chi connectivity index (χ2v) is 5.14. The van der Waals surface area contributed by atoms with Gasteiger partial charge in [0.1, 0.15) is 16.4 Å². The van der Waals surface area contributed by atoms with E-state index in [0.717, 1.165) is 22.4 Å². The van der Waals surface area contributed by atoms with Crippen molar-refractivity contribution in [3.05, 3.63) is 46.6 Å². The lowest BCUT2D eigenvalue weighted by molar-refractivity contribution is 1.21. The molecule has 100 valence electrons.